The van der Waals surface area contributed by atoms with Gasteiger partial charge in [0, 0.05) is 18.8 Å². The second kappa shape index (κ2) is 9.84. The van der Waals surface area contributed by atoms with Gasteiger partial charge >= 0.3 is 0 Å². The Hall–Kier alpha value is -2.33. The Bertz CT molecular complexity index is 707. The number of anilines is 1. The first-order chi connectivity index (χ1) is 12.2. The number of carbonyl (C=O) groups excluding carboxylic acids is 1. The zero-order valence-corrected chi connectivity index (χ0v) is 15.5. The summed E-state index contributed by atoms with van der Waals surface area (Å²) in [5, 5.41) is 4.42. The van der Waals surface area contributed by atoms with Crippen LogP contribution in [0.5, 0.6) is 0 Å². The molecule has 0 atom stereocenters. The number of amides is 1. The molecular formula is C20H24ClN3O. The highest BCUT2D eigenvalue weighted by molar-refractivity contribution is 6.33. The Labute approximate surface area is 154 Å². The maximum Gasteiger partial charge on any atom is 0.272 e. The molecule has 4 nitrogen and oxygen atoms in total. The lowest BCUT2D eigenvalue weighted by Gasteiger charge is -2.23. The Balaban J connectivity index is 1.97. The van der Waals surface area contributed by atoms with E-state index in [9.17, 15) is 4.79 Å². The Morgan fingerprint density at radius 2 is 1.72 bits per heavy atom. The van der Waals surface area contributed by atoms with Crippen molar-refractivity contribution in [2.75, 3.05) is 18.0 Å². The summed E-state index contributed by atoms with van der Waals surface area (Å²) in [6.07, 6.45) is 3.87. The van der Waals surface area contributed by atoms with Crippen LogP contribution in [0.15, 0.2) is 53.6 Å². The molecule has 1 amide bonds. The summed E-state index contributed by atoms with van der Waals surface area (Å²) in [5.41, 5.74) is 5.05. The average molecular weight is 358 g/mol. The monoisotopic (exact) mass is 357 g/mol. The fourth-order valence-corrected chi connectivity index (χ4v) is 2.77. The smallest absolute Gasteiger partial charge is 0.272 e. The zero-order chi connectivity index (χ0) is 18.1. The maximum atomic E-state index is 12.0. The van der Waals surface area contributed by atoms with Gasteiger partial charge in [-0.25, -0.2) is 5.43 Å². The normalized spacial score (nSPS) is 10.8. The molecule has 5 heteroatoms. The lowest BCUT2D eigenvalue weighted by molar-refractivity contribution is 0.0955. The molecule has 0 bridgehead atoms. The predicted octanol–water partition coefficient (Wildman–Crippen LogP) is 4.73. The molecule has 0 aliphatic carbocycles. The van der Waals surface area contributed by atoms with Crippen LogP contribution >= 0.6 is 11.6 Å². The number of carbonyl (C=O) groups is 1. The standard InChI is InChI=1S/C20H24ClN3O/c1-3-13-24(14-4-2)17-11-9-16(10-12-17)15-22-23-20(25)18-7-5-6-8-19(18)21/h5-12,15H,3-4,13-14H2,1-2H3,(H,23,25). The molecule has 0 heterocycles. The third-order valence-corrected chi connectivity index (χ3v) is 4.07. The van der Waals surface area contributed by atoms with Crippen molar-refractivity contribution in [2.45, 2.75) is 26.7 Å². The van der Waals surface area contributed by atoms with E-state index >= 15 is 0 Å². The Morgan fingerprint density at radius 1 is 1.08 bits per heavy atom. The van der Waals surface area contributed by atoms with Gasteiger partial charge in [0.2, 0.25) is 0 Å². The van der Waals surface area contributed by atoms with Crippen molar-refractivity contribution in [2.24, 2.45) is 5.10 Å². The van der Waals surface area contributed by atoms with Crippen LogP contribution in [0.1, 0.15) is 42.6 Å². The van der Waals surface area contributed by atoms with E-state index in [-0.39, 0.29) is 5.91 Å². The van der Waals surface area contributed by atoms with E-state index in [0.29, 0.717) is 10.6 Å². The summed E-state index contributed by atoms with van der Waals surface area (Å²) >= 11 is 6.00. The van der Waals surface area contributed by atoms with Crippen LogP contribution < -0.4 is 10.3 Å². The van der Waals surface area contributed by atoms with Gasteiger partial charge in [-0.3, -0.25) is 4.79 Å². The highest BCUT2D eigenvalue weighted by Gasteiger charge is 2.08. The fraction of sp³-hybridized carbons (Fsp3) is 0.300. The van der Waals surface area contributed by atoms with Crippen LogP contribution in [0, 0.1) is 0 Å². The van der Waals surface area contributed by atoms with Gasteiger partial charge in [-0.15, -0.1) is 0 Å². The highest BCUT2D eigenvalue weighted by atomic mass is 35.5. The average Bonchev–Trinajstić information content (AvgIpc) is 2.62. The minimum atomic E-state index is -0.324. The Morgan fingerprint density at radius 3 is 2.32 bits per heavy atom. The summed E-state index contributed by atoms with van der Waals surface area (Å²) in [4.78, 5) is 14.4. The van der Waals surface area contributed by atoms with Gasteiger partial charge in [0.15, 0.2) is 0 Å². The van der Waals surface area contributed by atoms with Crippen LogP contribution in [0.2, 0.25) is 5.02 Å². The van der Waals surface area contributed by atoms with Gasteiger partial charge in [0.25, 0.3) is 5.91 Å². The second-order valence-corrected chi connectivity index (χ2v) is 6.16. The summed E-state index contributed by atoms with van der Waals surface area (Å²) in [7, 11) is 0. The number of rotatable bonds is 8. The van der Waals surface area contributed by atoms with Crippen molar-refractivity contribution >= 4 is 29.4 Å². The van der Waals surface area contributed by atoms with Gasteiger partial charge in [0.1, 0.15) is 0 Å². The van der Waals surface area contributed by atoms with E-state index in [1.807, 2.05) is 12.1 Å². The van der Waals surface area contributed by atoms with Crippen LogP contribution in [0.25, 0.3) is 0 Å². The summed E-state index contributed by atoms with van der Waals surface area (Å²) in [6.45, 7) is 6.47. The molecule has 0 fully saturated rings. The first kappa shape index (κ1) is 19.0. The Kier molecular flexibility index (Phi) is 7.48. The van der Waals surface area contributed by atoms with E-state index in [0.717, 1.165) is 31.5 Å². The van der Waals surface area contributed by atoms with E-state index in [1.54, 1.807) is 30.5 Å². The first-order valence-corrected chi connectivity index (χ1v) is 8.96. The summed E-state index contributed by atoms with van der Waals surface area (Å²) in [6, 6.07) is 15.1. The largest absolute Gasteiger partial charge is 0.372 e. The first-order valence-electron chi connectivity index (χ1n) is 8.58. The molecule has 0 aliphatic rings. The summed E-state index contributed by atoms with van der Waals surface area (Å²) in [5.74, 6) is -0.324. The maximum absolute atomic E-state index is 12.0. The number of benzene rings is 2. The molecule has 0 aliphatic heterocycles. The number of hydrazone groups is 1. The number of hydrogen-bond acceptors (Lipinski definition) is 3. The van der Waals surface area contributed by atoms with Crippen molar-refractivity contribution in [3.8, 4) is 0 Å². The number of nitrogens with one attached hydrogen (secondary N) is 1. The third-order valence-electron chi connectivity index (χ3n) is 3.74. The topological polar surface area (TPSA) is 44.7 Å². The van der Waals surface area contributed by atoms with Gasteiger partial charge in [-0.1, -0.05) is 49.7 Å². The van der Waals surface area contributed by atoms with Crippen molar-refractivity contribution < 1.29 is 4.79 Å². The molecule has 2 aromatic carbocycles. The lowest BCUT2D eigenvalue weighted by Crippen LogP contribution is -2.24. The van der Waals surface area contributed by atoms with Gasteiger partial charge in [0.05, 0.1) is 16.8 Å². The number of hydrogen-bond donors (Lipinski definition) is 1. The van der Waals surface area contributed by atoms with E-state index in [2.05, 4.69) is 41.4 Å². The molecule has 0 unspecified atom stereocenters. The molecule has 0 saturated heterocycles. The van der Waals surface area contributed by atoms with E-state index in [1.165, 1.54) is 5.69 Å². The molecule has 0 spiro atoms. The van der Waals surface area contributed by atoms with Gasteiger partial charge in [-0.2, -0.15) is 5.10 Å². The predicted molar refractivity (Wildman–Crippen MR) is 106 cm³/mol. The summed E-state index contributed by atoms with van der Waals surface area (Å²) < 4.78 is 0. The zero-order valence-electron chi connectivity index (χ0n) is 14.7. The minimum Gasteiger partial charge on any atom is -0.372 e. The van der Waals surface area contributed by atoms with Crippen molar-refractivity contribution in [1.82, 2.24) is 5.43 Å². The lowest BCUT2D eigenvalue weighted by atomic mass is 10.2. The molecule has 132 valence electrons. The SMILES string of the molecule is CCCN(CCC)c1ccc(C=NNC(=O)c2ccccc2Cl)cc1. The van der Waals surface area contributed by atoms with Gasteiger partial charge < -0.3 is 4.90 Å². The van der Waals surface area contributed by atoms with Crippen LogP contribution in [-0.2, 0) is 0 Å². The van der Waals surface area contributed by atoms with E-state index in [4.69, 9.17) is 11.6 Å². The molecule has 0 aromatic heterocycles. The molecular weight excluding hydrogens is 334 g/mol. The van der Waals surface area contributed by atoms with Crippen molar-refractivity contribution in [3.05, 3.63) is 64.7 Å². The molecule has 2 aromatic rings. The second-order valence-electron chi connectivity index (χ2n) is 5.76. The fourth-order valence-electron chi connectivity index (χ4n) is 2.55. The molecule has 25 heavy (non-hydrogen) atoms. The van der Waals surface area contributed by atoms with Crippen LogP contribution in [-0.4, -0.2) is 25.2 Å². The quantitative estimate of drug-likeness (QED) is 0.548. The molecule has 2 rings (SSSR count). The molecule has 1 N–H and O–H groups in total. The minimum absolute atomic E-state index is 0.324. The molecule has 0 saturated carbocycles. The third kappa shape index (κ3) is 5.61. The van der Waals surface area contributed by atoms with E-state index < -0.39 is 0 Å². The number of halogens is 1. The van der Waals surface area contributed by atoms with Crippen molar-refractivity contribution in [3.63, 3.8) is 0 Å². The van der Waals surface area contributed by atoms with Crippen LogP contribution in [0.4, 0.5) is 5.69 Å². The van der Waals surface area contributed by atoms with Gasteiger partial charge in [-0.05, 0) is 42.7 Å². The molecule has 0 radical (unpaired) electrons. The number of nitrogens with zero attached hydrogens (tertiary/aromatic N) is 2. The highest BCUT2D eigenvalue weighted by Crippen LogP contribution is 2.16. The van der Waals surface area contributed by atoms with Crippen LogP contribution in [0.3, 0.4) is 0 Å². The van der Waals surface area contributed by atoms with Crippen molar-refractivity contribution in [1.29, 1.82) is 0 Å².